The molecule has 0 unspecified atom stereocenters. The predicted octanol–water partition coefficient (Wildman–Crippen LogP) is 5.11. The van der Waals surface area contributed by atoms with Gasteiger partial charge in [-0.2, -0.15) is 0 Å². The highest BCUT2D eigenvalue weighted by molar-refractivity contribution is 8.00. The monoisotopic (exact) mass is 313 g/mol. The molecular formula is C15H20ClNS2. The molecule has 1 heterocycles. The van der Waals surface area contributed by atoms with Crippen molar-refractivity contribution in [1.29, 1.82) is 0 Å². The van der Waals surface area contributed by atoms with E-state index in [1.165, 1.54) is 15.3 Å². The maximum absolute atomic E-state index is 6.38. The number of hydrogen-bond donors (Lipinski definition) is 1. The Morgan fingerprint density at radius 2 is 1.79 bits per heavy atom. The Balaban J connectivity index is 0.00000180. The van der Waals surface area contributed by atoms with E-state index in [0.29, 0.717) is 0 Å². The summed E-state index contributed by atoms with van der Waals surface area (Å²) >= 11 is 3.60. The number of nitrogens with two attached hydrogens (primary N) is 1. The zero-order valence-corrected chi connectivity index (χ0v) is 13.9. The smallest absolute Gasteiger partial charge is 0.0656 e. The van der Waals surface area contributed by atoms with Gasteiger partial charge in [0.25, 0.3) is 0 Å². The van der Waals surface area contributed by atoms with Gasteiger partial charge < -0.3 is 5.73 Å². The largest absolute Gasteiger partial charge is 0.320 e. The minimum Gasteiger partial charge on any atom is -0.320 e. The quantitative estimate of drug-likeness (QED) is 0.797. The highest BCUT2D eigenvalue weighted by atomic mass is 35.5. The van der Waals surface area contributed by atoms with Crippen molar-refractivity contribution < 1.29 is 0 Å². The van der Waals surface area contributed by atoms with Crippen molar-refractivity contribution in [3.05, 3.63) is 52.2 Å². The van der Waals surface area contributed by atoms with Crippen LogP contribution in [-0.2, 0) is 0 Å². The molecule has 0 radical (unpaired) electrons. The standard InChI is InChI=1S/C15H19NS2.ClH/c1-15(2,3)18-12-8-5-4-7-11(12)14(16)13-9-6-10-17-13;/h4-10,14H,16H2,1-3H3;1H/t14-;/m1./s1. The van der Waals surface area contributed by atoms with Crippen LogP contribution < -0.4 is 5.73 Å². The van der Waals surface area contributed by atoms with Crippen LogP contribution in [0.1, 0.15) is 37.3 Å². The Hall–Kier alpha value is -0.480. The van der Waals surface area contributed by atoms with E-state index in [0.717, 1.165) is 0 Å². The van der Waals surface area contributed by atoms with Crippen LogP contribution in [0.15, 0.2) is 46.7 Å². The van der Waals surface area contributed by atoms with Gasteiger partial charge in [0.15, 0.2) is 0 Å². The minimum atomic E-state index is -0.0175. The Bertz CT molecular complexity index is 503. The van der Waals surface area contributed by atoms with Gasteiger partial charge >= 0.3 is 0 Å². The van der Waals surface area contributed by atoms with E-state index in [2.05, 4.69) is 62.5 Å². The van der Waals surface area contributed by atoms with E-state index in [1.807, 2.05) is 11.8 Å². The first-order valence-corrected chi connectivity index (χ1v) is 7.74. The second-order valence-electron chi connectivity index (χ2n) is 5.25. The summed E-state index contributed by atoms with van der Waals surface area (Å²) in [6, 6.07) is 12.6. The molecule has 0 aliphatic heterocycles. The maximum Gasteiger partial charge on any atom is 0.0656 e. The molecule has 1 atom stereocenters. The fourth-order valence-electron chi connectivity index (χ4n) is 1.78. The van der Waals surface area contributed by atoms with Gasteiger partial charge in [0, 0.05) is 14.5 Å². The van der Waals surface area contributed by atoms with Gasteiger partial charge in [-0.3, -0.25) is 0 Å². The molecular weight excluding hydrogens is 294 g/mol. The zero-order chi connectivity index (χ0) is 13.2. The molecule has 2 N–H and O–H groups in total. The Morgan fingerprint density at radius 3 is 2.37 bits per heavy atom. The molecule has 0 bridgehead atoms. The van der Waals surface area contributed by atoms with Crippen LogP contribution in [0, 0.1) is 0 Å². The van der Waals surface area contributed by atoms with E-state index in [1.54, 1.807) is 11.3 Å². The molecule has 0 saturated heterocycles. The SMILES string of the molecule is CC(C)(C)Sc1ccccc1[C@@H](N)c1cccs1.Cl. The lowest BCUT2D eigenvalue weighted by Crippen LogP contribution is -2.13. The highest BCUT2D eigenvalue weighted by Gasteiger charge is 2.18. The third kappa shape index (κ3) is 4.53. The molecule has 4 heteroatoms. The number of halogens is 1. The third-order valence-corrected chi connectivity index (χ3v) is 4.68. The summed E-state index contributed by atoms with van der Waals surface area (Å²) in [5, 5.41) is 2.08. The van der Waals surface area contributed by atoms with Crippen LogP contribution in [0.2, 0.25) is 0 Å². The topological polar surface area (TPSA) is 26.0 Å². The van der Waals surface area contributed by atoms with Crippen molar-refractivity contribution in [2.24, 2.45) is 5.73 Å². The molecule has 2 aromatic rings. The van der Waals surface area contributed by atoms with Crippen molar-refractivity contribution in [3.63, 3.8) is 0 Å². The number of benzene rings is 1. The lowest BCUT2D eigenvalue weighted by atomic mass is 10.1. The van der Waals surface area contributed by atoms with E-state index < -0.39 is 0 Å². The molecule has 1 nitrogen and oxygen atoms in total. The molecule has 104 valence electrons. The van der Waals surface area contributed by atoms with Crippen molar-refractivity contribution in [1.82, 2.24) is 0 Å². The van der Waals surface area contributed by atoms with E-state index in [4.69, 9.17) is 5.73 Å². The predicted molar refractivity (Wildman–Crippen MR) is 89.6 cm³/mol. The van der Waals surface area contributed by atoms with Crippen molar-refractivity contribution in [3.8, 4) is 0 Å². The zero-order valence-electron chi connectivity index (χ0n) is 11.4. The van der Waals surface area contributed by atoms with Crippen LogP contribution >= 0.6 is 35.5 Å². The number of rotatable bonds is 3. The molecule has 0 saturated carbocycles. The summed E-state index contributed by atoms with van der Waals surface area (Å²) in [5.41, 5.74) is 7.60. The Kier molecular flexibility index (Phi) is 5.93. The van der Waals surface area contributed by atoms with Crippen molar-refractivity contribution >= 4 is 35.5 Å². The van der Waals surface area contributed by atoms with Crippen LogP contribution in [0.25, 0.3) is 0 Å². The van der Waals surface area contributed by atoms with Gasteiger partial charge in [0.05, 0.1) is 6.04 Å². The molecule has 0 spiro atoms. The molecule has 0 amide bonds. The lowest BCUT2D eigenvalue weighted by molar-refractivity contribution is 0.797. The average molecular weight is 314 g/mol. The van der Waals surface area contributed by atoms with Crippen LogP contribution in [0.4, 0.5) is 0 Å². The number of hydrogen-bond acceptors (Lipinski definition) is 3. The van der Waals surface area contributed by atoms with E-state index in [9.17, 15) is 0 Å². The summed E-state index contributed by atoms with van der Waals surface area (Å²) in [5.74, 6) is 0. The van der Waals surface area contributed by atoms with E-state index in [-0.39, 0.29) is 23.2 Å². The van der Waals surface area contributed by atoms with Gasteiger partial charge in [-0.25, -0.2) is 0 Å². The summed E-state index contributed by atoms with van der Waals surface area (Å²) < 4.78 is 0.200. The molecule has 2 rings (SSSR count). The second-order valence-corrected chi connectivity index (χ2v) is 8.09. The van der Waals surface area contributed by atoms with Crippen molar-refractivity contribution in [2.45, 2.75) is 36.5 Å². The normalized spacial score (nSPS) is 12.8. The third-order valence-electron chi connectivity index (χ3n) is 2.52. The van der Waals surface area contributed by atoms with Crippen LogP contribution in [0.5, 0.6) is 0 Å². The molecule has 1 aromatic carbocycles. The van der Waals surface area contributed by atoms with Crippen LogP contribution in [0.3, 0.4) is 0 Å². The second kappa shape index (κ2) is 6.80. The molecule has 0 aliphatic carbocycles. The summed E-state index contributed by atoms with van der Waals surface area (Å²) in [6.45, 7) is 6.68. The molecule has 19 heavy (non-hydrogen) atoms. The lowest BCUT2D eigenvalue weighted by Gasteiger charge is -2.22. The summed E-state index contributed by atoms with van der Waals surface area (Å²) in [7, 11) is 0. The number of thioether (sulfide) groups is 1. The first kappa shape index (κ1) is 16.6. The van der Waals surface area contributed by atoms with Crippen LogP contribution in [-0.4, -0.2) is 4.75 Å². The van der Waals surface area contributed by atoms with Gasteiger partial charge in [-0.15, -0.1) is 35.5 Å². The number of thiophene rings is 1. The summed E-state index contributed by atoms with van der Waals surface area (Å²) in [4.78, 5) is 2.50. The molecule has 1 aromatic heterocycles. The Labute approximate surface area is 130 Å². The maximum atomic E-state index is 6.38. The first-order valence-electron chi connectivity index (χ1n) is 6.04. The fourth-order valence-corrected chi connectivity index (χ4v) is 3.65. The Morgan fingerprint density at radius 1 is 1.11 bits per heavy atom. The van der Waals surface area contributed by atoms with Gasteiger partial charge in [0.1, 0.15) is 0 Å². The fraction of sp³-hybridized carbons (Fsp3) is 0.333. The molecule has 0 aliphatic rings. The minimum absolute atomic E-state index is 0. The highest BCUT2D eigenvalue weighted by Crippen LogP contribution is 2.37. The van der Waals surface area contributed by atoms with Crippen molar-refractivity contribution in [2.75, 3.05) is 0 Å². The van der Waals surface area contributed by atoms with E-state index >= 15 is 0 Å². The molecule has 0 fully saturated rings. The van der Waals surface area contributed by atoms with Gasteiger partial charge in [-0.05, 0) is 23.1 Å². The summed E-state index contributed by atoms with van der Waals surface area (Å²) in [6.07, 6.45) is 0. The van der Waals surface area contributed by atoms with Gasteiger partial charge in [-0.1, -0.05) is 45.0 Å². The van der Waals surface area contributed by atoms with Gasteiger partial charge in [0.2, 0.25) is 0 Å². The average Bonchev–Trinajstić information content (AvgIpc) is 2.80. The first-order chi connectivity index (χ1) is 8.47.